The van der Waals surface area contributed by atoms with Gasteiger partial charge in [-0.15, -0.1) is 0 Å². The van der Waals surface area contributed by atoms with Gasteiger partial charge in [-0.25, -0.2) is 0 Å². The molecule has 0 spiro atoms. The summed E-state index contributed by atoms with van der Waals surface area (Å²) >= 11 is 3.27. The maximum absolute atomic E-state index is 11.4. The summed E-state index contributed by atoms with van der Waals surface area (Å²) in [7, 11) is 2.94. The summed E-state index contributed by atoms with van der Waals surface area (Å²) in [4.78, 5) is 23.3. The molecule has 0 aromatic heterocycles. The topological polar surface area (TPSA) is 72.6 Å². The Morgan fingerprint density at radius 3 is 2.56 bits per heavy atom. The van der Waals surface area contributed by atoms with Crippen molar-refractivity contribution in [1.29, 1.82) is 0 Å². The minimum atomic E-state index is -1.01. The number of ether oxygens (including phenoxy) is 1. The van der Waals surface area contributed by atoms with Crippen molar-refractivity contribution in [3.63, 3.8) is 0 Å². The molecular weight excluding hydrogens is 276 g/mol. The van der Waals surface area contributed by atoms with Crippen molar-refractivity contribution >= 4 is 33.4 Å². The lowest BCUT2D eigenvalue weighted by atomic mass is 10.2. The van der Waals surface area contributed by atoms with Gasteiger partial charge in [-0.2, -0.15) is 0 Å². The van der Waals surface area contributed by atoms with Crippen LogP contribution in [-0.2, 0) is 9.59 Å². The Balaban J connectivity index is 3.15. The number of rotatable bonds is 2. The van der Waals surface area contributed by atoms with Crippen molar-refractivity contribution in [1.82, 2.24) is 0 Å². The van der Waals surface area contributed by atoms with Crippen LogP contribution in [0, 0.1) is 0 Å². The molecule has 0 aliphatic rings. The van der Waals surface area contributed by atoms with Crippen molar-refractivity contribution in [2.75, 3.05) is 19.1 Å². The van der Waals surface area contributed by atoms with Crippen LogP contribution in [0.5, 0.6) is 5.75 Å². The number of likely N-dealkylation sites (N-methyl/N-ethyl adjacent to an activating group) is 1. The smallest absolute Gasteiger partial charge is 0.315 e. The highest BCUT2D eigenvalue weighted by atomic mass is 79.9. The van der Waals surface area contributed by atoms with Gasteiger partial charge in [0.05, 0.1) is 12.8 Å². The van der Waals surface area contributed by atoms with Gasteiger partial charge in [0.1, 0.15) is 5.75 Å². The summed E-state index contributed by atoms with van der Waals surface area (Å²) in [6.45, 7) is 0. The highest BCUT2D eigenvalue weighted by molar-refractivity contribution is 9.10. The number of anilines is 1. The molecule has 5 nitrogen and oxygen atoms in total. The zero-order valence-electron chi connectivity index (χ0n) is 8.86. The molecule has 0 aliphatic heterocycles. The van der Waals surface area contributed by atoms with Crippen LogP contribution in [0.3, 0.4) is 0 Å². The lowest BCUT2D eigenvalue weighted by Gasteiger charge is -2.18. The first-order valence-corrected chi connectivity index (χ1v) is 5.17. The Labute approximate surface area is 101 Å². The van der Waals surface area contributed by atoms with E-state index in [1.54, 1.807) is 18.2 Å². The van der Waals surface area contributed by atoms with Gasteiger partial charge in [0.2, 0.25) is 0 Å². The van der Waals surface area contributed by atoms with E-state index in [-0.39, 0.29) is 0 Å². The molecule has 16 heavy (non-hydrogen) atoms. The molecule has 1 rings (SSSR count). The van der Waals surface area contributed by atoms with Crippen LogP contribution in [0.4, 0.5) is 5.69 Å². The number of hydrogen-bond acceptors (Lipinski definition) is 3. The summed E-state index contributed by atoms with van der Waals surface area (Å²) in [6.07, 6.45) is 0. The van der Waals surface area contributed by atoms with E-state index in [0.29, 0.717) is 11.4 Å². The molecule has 0 aliphatic carbocycles. The van der Waals surface area contributed by atoms with Gasteiger partial charge in [-0.1, -0.05) is 15.9 Å². The molecule has 1 aromatic rings. The average Bonchev–Trinajstić information content (AvgIpc) is 2.26. The second-order valence-electron chi connectivity index (χ2n) is 3.04. The number of primary amides is 1. The van der Waals surface area contributed by atoms with Gasteiger partial charge in [-0.3, -0.25) is 9.59 Å². The predicted octanol–water partition coefficient (Wildman–Crippen LogP) is 0.906. The van der Waals surface area contributed by atoms with E-state index in [9.17, 15) is 9.59 Å². The normalized spacial score (nSPS) is 9.69. The number of nitrogens with two attached hydrogens (primary N) is 1. The van der Waals surface area contributed by atoms with Crippen LogP contribution in [0.1, 0.15) is 0 Å². The van der Waals surface area contributed by atoms with E-state index in [2.05, 4.69) is 15.9 Å². The van der Waals surface area contributed by atoms with Crippen LogP contribution < -0.4 is 15.4 Å². The second kappa shape index (κ2) is 4.98. The molecule has 0 saturated heterocycles. The number of halogens is 1. The zero-order chi connectivity index (χ0) is 12.3. The lowest BCUT2D eigenvalue weighted by molar-refractivity contribution is -0.135. The standard InChI is InChI=1S/C10H11BrN2O3/c1-13(10(15)9(12)14)7-5-6(11)3-4-8(7)16-2/h3-5H,1-2H3,(H2,12,14). The predicted molar refractivity (Wildman–Crippen MR) is 63.3 cm³/mol. The summed E-state index contributed by atoms with van der Waals surface area (Å²) < 4.78 is 5.86. The first-order valence-electron chi connectivity index (χ1n) is 4.38. The van der Waals surface area contributed by atoms with Crippen molar-refractivity contribution in [2.45, 2.75) is 0 Å². The van der Waals surface area contributed by atoms with Crippen molar-refractivity contribution in [3.8, 4) is 5.75 Å². The van der Waals surface area contributed by atoms with E-state index in [1.807, 2.05) is 0 Å². The molecule has 0 fully saturated rings. The maximum Gasteiger partial charge on any atom is 0.315 e. The molecule has 0 saturated carbocycles. The molecule has 0 atom stereocenters. The Morgan fingerprint density at radius 1 is 1.44 bits per heavy atom. The van der Waals surface area contributed by atoms with Crippen LogP contribution in [0.25, 0.3) is 0 Å². The van der Waals surface area contributed by atoms with E-state index in [4.69, 9.17) is 10.5 Å². The fraction of sp³-hybridized carbons (Fsp3) is 0.200. The number of carbonyl (C=O) groups is 2. The first kappa shape index (κ1) is 12.5. The quantitative estimate of drug-likeness (QED) is 0.822. The monoisotopic (exact) mass is 286 g/mol. The molecule has 0 bridgehead atoms. The molecule has 2 N–H and O–H groups in total. The van der Waals surface area contributed by atoms with Crippen LogP contribution in [0.15, 0.2) is 22.7 Å². The van der Waals surface area contributed by atoms with E-state index < -0.39 is 11.8 Å². The Hall–Kier alpha value is -1.56. The van der Waals surface area contributed by atoms with Gasteiger partial charge >= 0.3 is 11.8 Å². The Kier molecular flexibility index (Phi) is 3.89. The van der Waals surface area contributed by atoms with Gasteiger partial charge < -0.3 is 15.4 Å². The molecule has 6 heteroatoms. The second-order valence-corrected chi connectivity index (χ2v) is 3.96. The molecule has 2 amide bonds. The summed E-state index contributed by atoms with van der Waals surface area (Å²) in [5.74, 6) is -1.32. The molecular formula is C10H11BrN2O3. The highest BCUT2D eigenvalue weighted by Crippen LogP contribution is 2.30. The van der Waals surface area contributed by atoms with E-state index in [1.165, 1.54) is 14.2 Å². The Morgan fingerprint density at radius 2 is 2.06 bits per heavy atom. The number of benzene rings is 1. The maximum atomic E-state index is 11.4. The summed E-state index contributed by atoms with van der Waals surface area (Å²) in [5, 5.41) is 0. The highest BCUT2D eigenvalue weighted by Gasteiger charge is 2.19. The summed E-state index contributed by atoms with van der Waals surface area (Å²) in [5.41, 5.74) is 5.39. The molecule has 86 valence electrons. The van der Waals surface area contributed by atoms with E-state index in [0.717, 1.165) is 9.37 Å². The molecule has 0 radical (unpaired) electrons. The number of hydrogen-bond donors (Lipinski definition) is 1. The SMILES string of the molecule is COc1ccc(Br)cc1N(C)C(=O)C(N)=O. The van der Waals surface area contributed by atoms with Crippen LogP contribution in [-0.4, -0.2) is 26.0 Å². The van der Waals surface area contributed by atoms with Gasteiger partial charge in [0, 0.05) is 11.5 Å². The van der Waals surface area contributed by atoms with Crippen molar-refractivity contribution in [2.24, 2.45) is 5.73 Å². The first-order chi connectivity index (χ1) is 7.47. The van der Waals surface area contributed by atoms with Crippen LogP contribution >= 0.6 is 15.9 Å². The van der Waals surface area contributed by atoms with Gasteiger partial charge in [0.15, 0.2) is 0 Å². The number of methoxy groups -OCH3 is 1. The van der Waals surface area contributed by atoms with Crippen molar-refractivity contribution < 1.29 is 14.3 Å². The fourth-order valence-electron chi connectivity index (χ4n) is 1.20. The van der Waals surface area contributed by atoms with Gasteiger partial charge in [0.25, 0.3) is 0 Å². The average molecular weight is 287 g/mol. The largest absolute Gasteiger partial charge is 0.495 e. The molecule has 0 heterocycles. The number of carbonyl (C=O) groups excluding carboxylic acids is 2. The van der Waals surface area contributed by atoms with E-state index >= 15 is 0 Å². The number of nitrogens with zero attached hydrogens (tertiary/aromatic N) is 1. The van der Waals surface area contributed by atoms with Crippen molar-refractivity contribution in [3.05, 3.63) is 22.7 Å². The summed E-state index contributed by atoms with van der Waals surface area (Å²) in [6, 6.07) is 5.12. The third kappa shape index (κ3) is 2.52. The zero-order valence-corrected chi connectivity index (χ0v) is 10.4. The molecule has 1 aromatic carbocycles. The van der Waals surface area contributed by atoms with Crippen LogP contribution in [0.2, 0.25) is 0 Å². The fourth-order valence-corrected chi connectivity index (χ4v) is 1.55. The third-order valence-electron chi connectivity index (χ3n) is 2.02. The Bertz CT molecular complexity index is 434. The lowest BCUT2D eigenvalue weighted by Crippen LogP contribution is -2.37. The third-order valence-corrected chi connectivity index (χ3v) is 2.51. The molecule has 0 unspecified atom stereocenters. The minimum Gasteiger partial charge on any atom is -0.495 e. The minimum absolute atomic E-state index is 0.473. The van der Waals surface area contributed by atoms with Gasteiger partial charge in [-0.05, 0) is 18.2 Å². The number of amides is 2.